The molecule has 1 atom stereocenters. The molecule has 2 amide bonds. The molecule has 7 nitrogen and oxygen atoms in total. The summed E-state index contributed by atoms with van der Waals surface area (Å²) < 4.78 is 14.7. The zero-order chi connectivity index (χ0) is 21.5. The Morgan fingerprint density at radius 3 is 2.50 bits per heavy atom. The van der Waals surface area contributed by atoms with Crippen LogP contribution in [-0.2, 0) is 18.4 Å². The molecular weight excluding hydrogens is 405 g/mol. The van der Waals surface area contributed by atoms with Crippen LogP contribution in [0.3, 0.4) is 0 Å². The lowest BCUT2D eigenvalue weighted by molar-refractivity contribution is -0.119. The van der Waals surface area contributed by atoms with Crippen molar-refractivity contribution in [3.63, 3.8) is 0 Å². The first-order valence-corrected chi connectivity index (χ1v) is 10.3. The molecule has 3 rings (SSSR count). The smallest absolute Gasteiger partial charge is 0.251 e. The van der Waals surface area contributed by atoms with E-state index in [9.17, 15) is 14.0 Å². The highest BCUT2D eigenvalue weighted by molar-refractivity contribution is 7.99. The number of halogens is 1. The largest absolute Gasteiger partial charge is 0.349 e. The minimum Gasteiger partial charge on any atom is -0.349 e. The Morgan fingerprint density at radius 2 is 1.80 bits per heavy atom. The van der Waals surface area contributed by atoms with Crippen molar-refractivity contribution in [1.29, 1.82) is 0 Å². The highest BCUT2D eigenvalue weighted by atomic mass is 32.2. The number of nitrogens with zero attached hydrogens (tertiary/aromatic N) is 3. The summed E-state index contributed by atoms with van der Waals surface area (Å²) in [4.78, 5) is 24.4. The molecule has 0 spiro atoms. The monoisotopic (exact) mass is 427 g/mol. The molecular formula is C21H22FN5O2S. The van der Waals surface area contributed by atoms with Crippen LogP contribution in [0.2, 0.25) is 0 Å². The lowest BCUT2D eigenvalue weighted by atomic mass is 10.1. The number of thioether (sulfide) groups is 1. The van der Waals surface area contributed by atoms with Crippen LogP contribution in [0.15, 0.2) is 59.8 Å². The van der Waals surface area contributed by atoms with E-state index < -0.39 is 5.82 Å². The molecule has 1 aromatic heterocycles. The number of hydrogen-bond donors (Lipinski definition) is 2. The van der Waals surface area contributed by atoms with Crippen LogP contribution in [0.1, 0.15) is 34.7 Å². The van der Waals surface area contributed by atoms with Crippen LogP contribution < -0.4 is 10.6 Å². The minimum atomic E-state index is -0.399. The second kappa shape index (κ2) is 10.0. The maximum atomic E-state index is 13.0. The zero-order valence-corrected chi connectivity index (χ0v) is 17.4. The van der Waals surface area contributed by atoms with Gasteiger partial charge < -0.3 is 15.2 Å². The fourth-order valence-electron chi connectivity index (χ4n) is 2.73. The van der Waals surface area contributed by atoms with Gasteiger partial charge in [-0.1, -0.05) is 42.1 Å². The van der Waals surface area contributed by atoms with E-state index in [1.165, 1.54) is 36.0 Å². The third kappa shape index (κ3) is 5.66. The lowest BCUT2D eigenvalue weighted by Gasteiger charge is -2.14. The first-order chi connectivity index (χ1) is 14.4. The number of aromatic nitrogens is 3. The number of amides is 2. The van der Waals surface area contributed by atoms with Gasteiger partial charge in [-0.15, -0.1) is 10.2 Å². The fraction of sp³-hybridized carbons (Fsp3) is 0.238. The van der Waals surface area contributed by atoms with Gasteiger partial charge in [0, 0.05) is 12.6 Å². The Labute approximate surface area is 178 Å². The third-order valence-corrected chi connectivity index (χ3v) is 5.47. The van der Waals surface area contributed by atoms with Crippen LogP contribution in [0.25, 0.3) is 0 Å². The van der Waals surface area contributed by atoms with E-state index in [1.54, 1.807) is 11.6 Å². The van der Waals surface area contributed by atoms with E-state index in [-0.39, 0.29) is 30.2 Å². The molecule has 1 unspecified atom stereocenters. The molecule has 2 N–H and O–H groups in total. The molecule has 0 bridgehead atoms. The molecule has 0 aliphatic heterocycles. The van der Waals surface area contributed by atoms with Crippen LogP contribution >= 0.6 is 11.8 Å². The molecule has 0 aliphatic rings. The van der Waals surface area contributed by atoms with Gasteiger partial charge in [-0.3, -0.25) is 9.59 Å². The highest BCUT2D eigenvalue weighted by Crippen LogP contribution is 2.17. The van der Waals surface area contributed by atoms with Gasteiger partial charge >= 0.3 is 0 Å². The van der Waals surface area contributed by atoms with Gasteiger partial charge in [0.2, 0.25) is 5.91 Å². The predicted octanol–water partition coefficient (Wildman–Crippen LogP) is 2.85. The Kier molecular flexibility index (Phi) is 7.18. The zero-order valence-electron chi connectivity index (χ0n) is 16.6. The van der Waals surface area contributed by atoms with Gasteiger partial charge in [0.1, 0.15) is 5.82 Å². The minimum absolute atomic E-state index is 0.0870. The average Bonchev–Trinajstić information content (AvgIpc) is 3.11. The number of benzene rings is 2. The van der Waals surface area contributed by atoms with E-state index in [0.717, 1.165) is 5.56 Å². The third-order valence-electron chi connectivity index (χ3n) is 4.45. The lowest BCUT2D eigenvalue weighted by Crippen LogP contribution is -2.28. The standard InChI is InChI=1S/C21H22FN5O2S/c1-14(15-6-4-3-5-7-15)24-19(28)13-30-21-26-25-18(27(21)2)12-23-20(29)16-8-10-17(22)11-9-16/h3-11,14H,12-13H2,1-2H3,(H,23,29)(H,24,28). The molecule has 0 aliphatic carbocycles. The van der Waals surface area contributed by atoms with Crippen molar-refractivity contribution in [2.45, 2.75) is 24.7 Å². The first kappa shape index (κ1) is 21.5. The summed E-state index contributed by atoms with van der Waals surface area (Å²) in [5.74, 6) is -0.0906. The van der Waals surface area contributed by atoms with Crippen molar-refractivity contribution in [1.82, 2.24) is 25.4 Å². The molecule has 0 radical (unpaired) electrons. The topological polar surface area (TPSA) is 88.9 Å². The first-order valence-electron chi connectivity index (χ1n) is 9.33. The predicted molar refractivity (Wildman–Crippen MR) is 112 cm³/mol. The molecule has 0 saturated heterocycles. The number of hydrogen-bond acceptors (Lipinski definition) is 5. The van der Waals surface area contributed by atoms with Gasteiger partial charge in [0.05, 0.1) is 18.3 Å². The van der Waals surface area contributed by atoms with Crippen LogP contribution in [0, 0.1) is 5.82 Å². The Bertz CT molecular complexity index is 1010. The number of rotatable bonds is 8. The summed E-state index contributed by atoms with van der Waals surface area (Å²) >= 11 is 1.27. The molecule has 9 heteroatoms. The number of nitrogens with one attached hydrogen (secondary N) is 2. The van der Waals surface area contributed by atoms with Gasteiger partial charge in [0.25, 0.3) is 5.91 Å². The SMILES string of the molecule is CC(NC(=O)CSc1nnc(CNC(=O)c2ccc(F)cc2)n1C)c1ccccc1. The average molecular weight is 428 g/mol. The van der Waals surface area contributed by atoms with E-state index >= 15 is 0 Å². The Balaban J connectivity index is 1.49. The normalized spacial score (nSPS) is 11.7. The highest BCUT2D eigenvalue weighted by Gasteiger charge is 2.14. The van der Waals surface area contributed by atoms with E-state index in [0.29, 0.717) is 16.5 Å². The molecule has 156 valence electrons. The second-order valence-corrected chi connectivity index (χ2v) is 7.58. The quantitative estimate of drug-likeness (QED) is 0.540. The molecule has 2 aromatic carbocycles. The fourth-order valence-corrected chi connectivity index (χ4v) is 3.47. The summed E-state index contributed by atoms with van der Waals surface area (Å²) in [6.07, 6.45) is 0. The number of carbonyl (C=O) groups is 2. The van der Waals surface area contributed by atoms with Crippen molar-refractivity contribution in [3.05, 3.63) is 77.4 Å². The summed E-state index contributed by atoms with van der Waals surface area (Å²) in [5.41, 5.74) is 1.39. The molecule has 3 aromatic rings. The van der Waals surface area contributed by atoms with E-state index in [2.05, 4.69) is 20.8 Å². The van der Waals surface area contributed by atoms with Crippen LogP contribution in [-0.4, -0.2) is 32.3 Å². The van der Waals surface area contributed by atoms with Crippen molar-refractivity contribution in [3.8, 4) is 0 Å². The van der Waals surface area contributed by atoms with Gasteiger partial charge in [-0.25, -0.2) is 4.39 Å². The molecule has 30 heavy (non-hydrogen) atoms. The van der Waals surface area contributed by atoms with Crippen molar-refractivity contribution >= 4 is 23.6 Å². The Morgan fingerprint density at radius 1 is 1.10 bits per heavy atom. The van der Waals surface area contributed by atoms with Gasteiger partial charge in [-0.2, -0.15) is 0 Å². The summed E-state index contributed by atoms with van der Waals surface area (Å²) in [6, 6.07) is 14.9. The van der Waals surface area contributed by atoms with E-state index in [4.69, 9.17) is 0 Å². The maximum absolute atomic E-state index is 13.0. The van der Waals surface area contributed by atoms with Crippen molar-refractivity contribution in [2.24, 2.45) is 7.05 Å². The summed E-state index contributed by atoms with van der Waals surface area (Å²) in [7, 11) is 1.77. The molecule has 0 fully saturated rings. The summed E-state index contributed by atoms with van der Waals surface area (Å²) in [6.45, 7) is 2.10. The maximum Gasteiger partial charge on any atom is 0.251 e. The second-order valence-electron chi connectivity index (χ2n) is 6.64. The number of carbonyl (C=O) groups excluding carboxylic acids is 2. The van der Waals surface area contributed by atoms with E-state index in [1.807, 2.05) is 37.3 Å². The van der Waals surface area contributed by atoms with Crippen molar-refractivity contribution in [2.75, 3.05) is 5.75 Å². The molecule has 1 heterocycles. The van der Waals surface area contributed by atoms with Gasteiger partial charge in [-0.05, 0) is 36.8 Å². The van der Waals surface area contributed by atoms with Crippen LogP contribution in [0.5, 0.6) is 0 Å². The van der Waals surface area contributed by atoms with Gasteiger partial charge in [0.15, 0.2) is 11.0 Å². The van der Waals surface area contributed by atoms with Crippen molar-refractivity contribution < 1.29 is 14.0 Å². The van der Waals surface area contributed by atoms with Crippen LogP contribution in [0.4, 0.5) is 4.39 Å². The Hall–Kier alpha value is -3.20. The summed E-state index contributed by atoms with van der Waals surface area (Å²) in [5, 5.41) is 14.4. The molecule has 0 saturated carbocycles.